The lowest BCUT2D eigenvalue weighted by Crippen LogP contribution is -2.03. The van der Waals surface area contributed by atoms with Crippen molar-refractivity contribution in [1.82, 2.24) is 9.97 Å². The summed E-state index contributed by atoms with van der Waals surface area (Å²) in [5.74, 6) is 3.82. The Morgan fingerprint density at radius 2 is 1.00 bits per heavy atom. The van der Waals surface area contributed by atoms with Crippen LogP contribution in [0.3, 0.4) is 0 Å². The SMILES string of the molecule is C=S(=O)(OC)c1cc(-c2ccc(-c3ccccc3)[nH]2)cc(-c2ccc(-c3ccccc3)[nH]2)c1. The number of aromatic nitrogens is 2. The monoisotopic (exact) mass is 452 g/mol. The fourth-order valence-corrected chi connectivity index (χ4v) is 4.69. The molecule has 0 saturated carbocycles. The van der Waals surface area contributed by atoms with Gasteiger partial charge in [-0.05, 0) is 70.6 Å². The summed E-state index contributed by atoms with van der Waals surface area (Å²) in [5, 5.41) is 0. The Morgan fingerprint density at radius 1 is 0.606 bits per heavy atom. The van der Waals surface area contributed by atoms with Crippen LogP contribution in [0.4, 0.5) is 0 Å². The third-order valence-electron chi connectivity index (χ3n) is 5.70. The molecule has 1 atom stereocenters. The number of hydrogen-bond donors (Lipinski definition) is 2. The second-order valence-electron chi connectivity index (χ2n) is 7.83. The summed E-state index contributed by atoms with van der Waals surface area (Å²) in [6.07, 6.45) is 0. The van der Waals surface area contributed by atoms with Gasteiger partial charge in [-0.2, -0.15) is 0 Å². The lowest BCUT2D eigenvalue weighted by atomic mass is 10.1. The summed E-state index contributed by atoms with van der Waals surface area (Å²) < 4.78 is 18.3. The van der Waals surface area contributed by atoms with E-state index in [1.807, 2.05) is 60.7 Å². The molecule has 3 aromatic carbocycles. The summed E-state index contributed by atoms with van der Waals surface area (Å²) in [6, 6.07) is 34.3. The van der Waals surface area contributed by atoms with Crippen LogP contribution in [0.2, 0.25) is 0 Å². The van der Waals surface area contributed by atoms with E-state index in [0.717, 1.165) is 45.0 Å². The van der Waals surface area contributed by atoms with Gasteiger partial charge in [0.25, 0.3) is 0 Å². The summed E-state index contributed by atoms with van der Waals surface area (Å²) in [6.45, 7) is 0. The molecule has 0 aliphatic heterocycles. The van der Waals surface area contributed by atoms with Gasteiger partial charge in [-0.1, -0.05) is 60.7 Å². The molecular weight excluding hydrogens is 428 g/mol. The number of aromatic amines is 2. The first kappa shape index (κ1) is 21.1. The average Bonchev–Trinajstić information content (AvgIpc) is 3.56. The summed E-state index contributed by atoms with van der Waals surface area (Å²) in [4.78, 5) is 7.52. The van der Waals surface area contributed by atoms with Crippen molar-refractivity contribution in [3.05, 3.63) is 103 Å². The smallest absolute Gasteiger partial charge is 0.106 e. The van der Waals surface area contributed by atoms with Crippen LogP contribution in [-0.2, 0) is 14.0 Å². The third kappa shape index (κ3) is 4.29. The van der Waals surface area contributed by atoms with Crippen LogP contribution in [0, 0.1) is 0 Å². The van der Waals surface area contributed by atoms with Gasteiger partial charge in [0, 0.05) is 22.8 Å². The molecule has 5 rings (SSSR count). The van der Waals surface area contributed by atoms with Gasteiger partial charge in [0.1, 0.15) is 9.80 Å². The summed E-state index contributed by atoms with van der Waals surface area (Å²) in [5.41, 5.74) is 7.93. The molecule has 0 amide bonds. The zero-order valence-electron chi connectivity index (χ0n) is 18.2. The van der Waals surface area contributed by atoms with Gasteiger partial charge < -0.3 is 9.97 Å². The quantitative estimate of drug-likeness (QED) is 0.284. The Kier molecular flexibility index (Phi) is 5.50. The highest BCUT2D eigenvalue weighted by molar-refractivity contribution is 7.96. The van der Waals surface area contributed by atoms with Crippen LogP contribution in [0.15, 0.2) is 108 Å². The molecule has 2 aromatic heterocycles. The Balaban J connectivity index is 1.60. The molecule has 0 spiro atoms. The Hall–Kier alpha value is -3.80. The van der Waals surface area contributed by atoms with E-state index in [0.29, 0.717) is 4.90 Å². The van der Waals surface area contributed by atoms with Crippen LogP contribution in [0.5, 0.6) is 0 Å². The van der Waals surface area contributed by atoms with E-state index in [1.54, 1.807) is 0 Å². The minimum Gasteiger partial charge on any atom is -0.355 e. The molecule has 4 nitrogen and oxygen atoms in total. The first-order chi connectivity index (χ1) is 16.0. The van der Waals surface area contributed by atoms with Gasteiger partial charge >= 0.3 is 0 Å². The third-order valence-corrected chi connectivity index (χ3v) is 7.19. The molecule has 0 saturated heterocycles. The van der Waals surface area contributed by atoms with Crippen LogP contribution >= 0.6 is 0 Å². The van der Waals surface area contributed by atoms with Crippen molar-refractivity contribution in [3.8, 4) is 45.0 Å². The van der Waals surface area contributed by atoms with Gasteiger partial charge in [-0.3, -0.25) is 4.18 Å². The lowest BCUT2D eigenvalue weighted by molar-refractivity contribution is 0.442. The van der Waals surface area contributed by atoms with E-state index in [4.69, 9.17) is 4.18 Å². The topological polar surface area (TPSA) is 57.9 Å². The number of rotatable bonds is 6. The molecule has 2 heterocycles. The molecule has 5 heteroatoms. The first-order valence-corrected chi connectivity index (χ1v) is 12.3. The van der Waals surface area contributed by atoms with Crippen molar-refractivity contribution in [2.45, 2.75) is 4.90 Å². The molecule has 0 fully saturated rings. The van der Waals surface area contributed by atoms with Crippen molar-refractivity contribution in [3.63, 3.8) is 0 Å². The van der Waals surface area contributed by atoms with Gasteiger partial charge in [-0.25, -0.2) is 4.21 Å². The van der Waals surface area contributed by atoms with Crippen molar-refractivity contribution in [2.75, 3.05) is 7.11 Å². The second-order valence-corrected chi connectivity index (χ2v) is 9.87. The van der Waals surface area contributed by atoms with Gasteiger partial charge in [0.15, 0.2) is 0 Å². The van der Waals surface area contributed by atoms with E-state index in [2.05, 4.69) is 58.3 Å². The van der Waals surface area contributed by atoms with Crippen molar-refractivity contribution < 1.29 is 8.39 Å². The van der Waals surface area contributed by atoms with Crippen molar-refractivity contribution in [1.29, 1.82) is 0 Å². The van der Waals surface area contributed by atoms with Crippen molar-refractivity contribution in [2.24, 2.45) is 0 Å². The highest BCUT2D eigenvalue weighted by Crippen LogP contribution is 2.32. The number of H-pyrrole nitrogens is 2. The molecule has 164 valence electrons. The van der Waals surface area contributed by atoms with Gasteiger partial charge in [0.2, 0.25) is 0 Å². The predicted octanol–water partition coefficient (Wildman–Crippen LogP) is 6.65. The maximum absolute atomic E-state index is 13.0. The van der Waals surface area contributed by atoms with E-state index in [1.165, 1.54) is 7.11 Å². The minimum atomic E-state index is -2.88. The largest absolute Gasteiger partial charge is 0.355 e. The number of benzene rings is 3. The number of nitrogens with one attached hydrogen (secondary N) is 2. The van der Waals surface area contributed by atoms with Gasteiger partial charge in [0.05, 0.1) is 12.0 Å². The molecule has 0 aliphatic carbocycles. The van der Waals surface area contributed by atoms with Crippen LogP contribution in [0.25, 0.3) is 45.0 Å². The van der Waals surface area contributed by atoms with E-state index in [9.17, 15) is 4.21 Å². The predicted molar refractivity (Wildman–Crippen MR) is 137 cm³/mol. The summed E-state index contributed by atoms with van der Waals surface area (Å²) >= 11 is 0. The van der Waals surface area contributed by atoms with Crippen LogP contribution < -0.4 is 0 Å². The molecular formula is C28H24N2O2S. The van der Waals surface area contributed by atoms with E-state index < -0.39 is 9.80 Å². The van der Waals surface area contributed by atoms with Gasteiger partial charge in [-0.15, -0.1) is 0 Å². The standard InChI is InChI=1S/C28H24N2O2S/c1-32-33(2,31)24-18-22(27-15-13-25(29-27)20-9-5-3-6-10-20)17-23(19-24)28-16-14-26(30-28)21-11-7-4-8-12-21/h3-19,29-30H,2H2,1H3. The zero-order chi connectivity index (χ0) is 22.8. The fraction of sp³-hybridized carbons (Fsp3) is 0.0357. The fourth-order valence-electron chi connectivity index (χ4n) is 3.89. The Bertz CT molecular complexity index is 1400. The highest BCUT2D eigenvalue weighted by Gasteiger charge is 2.14. The minimum absolute atomic E-state index is 0.546. The van der Waals surface area contributed by atoms with Crippen LogP contribution in [-0.4, -0.2) is 27.2 Å². The van der Waals surface area contributed by atoms with Crippen molar-refractivity contribution >= 4 is 15.7 Å². The van der Waals surface area contributed by atoms with E-state index in [-0.39, 0.29) is 0 Å². The molecule has 2 N–H and O–H groups in total. The molecule has 0 aliphatic rings. The maximum Gasteiger partial charge on any atom is 0.106 e. The first-order valence-electron chi connectivity index (χ1n) is 10.6. The Morgan fingerprint density at radius 3 is 1.39 bits per heavy atom. The molecule has 0 bridgehead atoms. The highest BCUT2D eigenvalue weighted by atomic mass is 32.2. The summed E-state index contributed by atoms with van der Waals surface area (Å²) in [7, 11) is -1.46. The molecule has 33 heavy (non-hydrogen) atoms. The van der Waals surface area contributed by atoms with Crippen LogP contribution in [0.1, 0.15) is 0 Å². The molecule has 0 radical (unpaired) electrons. The van der Waals surface area contributed by atoms with E-state index >= 15 is 0 Å². The Labute approximate surface area is 194 Å². The molecule has 1 unspecified atom stereocenters. The lowest BCUT2D eigenvalue weighted by Gasteiger charge is -2.12. The number of hydrogen-bond acceptors (Lipinski definition) is 2. The zero-order valence-corrected chi connectivity index (χ0v) is 19.1. The second kappa shape index (κ2) is 8.62. The maximum atomic E-state index is 13.0. The molecule has 5 aromatic rings. The normalized spacial score (nSPS) is 13.0. The average molecular weight is 453 g/mol.